The quantitative estimate of drug-likeness (QED) is 0.373. The summed E-state index contributed by atoms with van der Waals surface area (Å²) in [5.41, 5.74) is 0. The van der Waals surface area contributed by atoms with Gasteiger partial charge in [-0.3, -0.25) is 0 Å². The molecular weight excluding hydrogens is 633 g/mol. The maximum Gasteiger partial charge on any atom is 0.0319 e. The molecule has 0 aromatic rings. The van der Waals surface area contributed by atoms with E-state index in [9.17, 15) is 0 Å². The minimum atomic E-state index is 0. The van der Waals surface area contributed by atoms with Gasteiger partial charge in [0.2, 0.25) is 0 Å². The van der Waals surface area contributed by atoms with Gasteiger partial charge in [-0.2, -0.15) is 0 Å². The van der Waals surface area contributed by atoms with Crippen molar-refractivity contribution >= 4 is 0 Å². The van der Waals surface area contributed by atoms with Gasteiger partial charge in [0.05, 0.1) is 0 Å². The van der Waals surface area contributed by atoms with E-state index in [1.54, 1.807) is 0 Å². The molecule has 2 nitrogen and oxygen atoms in total. The molecule has 4 heteroatoms. The van der Waals surface area contributed by atoms with Gasteiger partial charge in [0.25, 0.3) is 0 Å². The number of aliphatic hydroxyl groups excluding tert-OH is 2. The normalized spacial score (nSPS) is 20.9. The van der Waals surface area contributed by atoms with Gasteiger partial charge in [0.1, 0.15) is 0 Å². The Kier molecular flexibility index (Phi) is 45.1. The first kappa shape index (κ1) is 30.1. The predicted molar refractivity (Wildman–Crippen MR) is 89.8 cm³/mol. The Bertz CT molecular complexity index is 192. The molecule has 0 heterocycles. The van der Waals surface area contributed by atoms with Crippen LogP contribution in [0.15, 0.2) is 48.6 Å². The van der Waals surface area contributed by atoms with Crippen molar-refractivity contribution in [3.05, 3.63) is 48.6 Å². The fourth-order valence-corrected chi connectivity index (χ4v) is 1.71. The molecule has 0 aromatic carbocycles. The van der Waals surface area contributed by atoms with Gasteiger partial charge in [0, 0.05) is 54.4 Å². The Morgan fingerprint density at radius 1 is 0.364 bits per heavy atom. The third-order valence-corrected chi connectivity index (χ3v) is 2.67. The Morgan fingerprint density at radius 3 is 0.545 bits per heavy atom. The first-order valence-electron chi connectivity index (χ1n) is 7.49. The molecule has 2 radical (unpaired) electrons. The molecule has 0 aromatic heterocycles. The van der Waals surface area contributed by atoms with Crippen LogP contribution in [0.5, 0.6) is 0 Å². The summed E-state index contributed by atoms with van der Waals surface area (Å²) >= 11 is 0. The third-order valence-electron chi connectivity index (χ3n) is 2.67. The fourth-order valence-electron chi connectivity index (χ4n) is 1.71. The summed E-state index contributed by atoms with van der Waals surface area (Å²) in [6.45, 7) is 0. The van der Waals surface area contributed by atoms with Gasteiger partial charge in [-0.25, -0.2) is 0 Å². The predicted octanol–water partition coefficient (Wildman–Crippen LogP) is 4.56. The van der Waals surface area contributed by atoms with Gasteiger partial charge >= 0.3 is 0 Å². The molecule has 0 atom stereocenters. The summed E-state index contributed by atoms with van der Waals surface area (Å²) in [4.78, 5) is 0. The summed E-state index contributed by atoms with van der Waals surface area (Å²) in [7, 11) is 2.00. The Balaban J connectivity index is -0.000000112. The molecule has 2 N–H and O–H groups in total. The smallest absolute Gasteiger partial charge is 0.0319 e. The van der Waals surface area contributed by atoms with Crippen LogP contribution in [0.4, 0.5) is 0 Å². The average Bonchev–Trinajstić information content (AvgIpc) is 2.42. The summed E-state index contributed by atoms with van der Waals surface area (Å²) in [6, 6.07) is 0. The topological polar surface area (TPSA) is 40.5 Å². The van der Waals surface area contributed by atoms with Crippen LogP contribution in [-0.2, 0) is 40.2 Å². The molecule has 22 heavy (non-hydrogen) atoms. The zero-order chi connectivity index (χ0) is 15.3. The van der Waals surface area contributed by atoms with Crippen molar-refractivity contribution in [3.8, 4) is 0 Å². The molecule has 0 amide bonds. The van der Waals surface area contributed by atoms with E-state index in [1.807, 2.05) is 0 Å². The minimum Gasteiger partial charge on any atom is -0.400 e. The molecule has 2 rings (SSSR count). The van der Waals surface area contributed by atoms with E-state index in [4.69, 9.17) is 10.2 Å². The van der Waals surface area contributed by atoms with E-state index >= 15 is 0 Å². The van der Waals surface area contributed by atoms with Gasteiger partial charge in [-0.1, -0.05) is 48.6 Å². The van der Waals surface area contributed by atoms with Crippen LogP contribution < -0.4 is 0 Å². The van der Waals surface area contributed by atoms with Crippen LogP contribution in [0.2, 0.25) is 0 Å². The van der Waals surface area contributed by atoms with Crippen LogP contribution in [0.3, 0.4) is 0 Å². The van der Waals surface area contributed by atoms with Gasteiger partial charge in [0.15, 0.2) is 0 Å². The molecule has 0 saturated heterocycles. The van der Waals surface area contributed by atoms with Gasteiger partial charge in [-0.05, 0) is 51.4 Å². The monoisotopic (exact) mass is 666 g/mol. The Morgan fingerprint density at radius 2 is 0.455 bits per heavy atom. The average molecular weight is 665 g/mol. The van der Waals surface area contributed by atoms with Crippen molar-refractivity contribution in [1.82, 2.24) is 0 Å². The molecule has 0 saturated carbocycles. The Labute approximate surface area is 164 Å². The molecule has 0 unspecified atom stereocenters. The molecule has 2 aliphatic rings. The van der Waals surface area contributed by atoms with E-state index in [0.29, 0.717) is 0 Å². The molecule has 134 valence electrons. The SMILES string of the molecule is C1=C\CC/C=C\CC/1.C1=C\CC/C=C\CC/1.CO.CO.[Ir].[Ir]. The molecular formula is C18H32Ir2O2. The third kappa shape index (κ3) is 28.4. The van der Waals surface area contributed by atoms with Crippen LogP contribution in [-0.4, -0.2) is 24.4 Å². The van der Waals surface area contributed by atoms with Crippen molar-refractivity contribution in [3.63, 3.8) is 0 Å². The second kappa shape index (κ2) is 32.9. The van der Waals surface area contributed by atoms with Crippen LogP contribution in [0, 0.1) is 0 Å². The summed E-state index contributed by atoms with van der Waals surface area (Å²) in [6.07, 6.45) is 28.0. The second-order valence-corrected chi connectivity index (χ2v) is 4.20. The number of hydrogen-bond donors (Lipinski definition) is 2. The Hall–Kier alpha value is 0.179. The maximum absolute atomic E-state index is 7.00. The standard InChI is InChI=1S/2C8H12.2CH4O.2Ir/c2*1-2-4-6-8-7-5-3-1;2*1-2;;/h2*1-2,7-8H,3-6H2;2*2H,1H3;;/b2*2-1-,8-7-;;;;. The van der Waals surface area contributed by atoms with E-state index < -0.39 is 0 Å². The van der Waals surface area contributed by atoms with Crippen LogP contribution in [0.1, 0.15) is 51.4 Å². The summed E-state index contributed by atoms with van der Waals surface area (Å²) in [5, 5.41) is 14.0. The van der Waals surface area contributed by atoms with Crippen molar-refractivity contribution in [2.24, 2.45) is 0 Å². The summed E-state index contributed by atoms with van der Waals surface area (Å²) in [5.74, 6) is 0. The molecule has 2 aliphatic carbocycles. The number of rotatable bonds is 0. The largest absolute Gasteiger partial charge is 0.400 e. The second-order valence-electron chi connectivity index (χ2n) is 4.20. The van der Waals surface area contributed by atoms with E-state index in [2.05, 4.69) is 48.6 Å². The maximum atomic E-state index is 7.00. The molecule has 0 fully saturated rings. The fraction of sp³-hybridized carbons (Fsp3) is 0.556. The number of allylic oxidation sites excluding steroid dienone is 8. The van der Waals surface area contributed by atoms with Crippen molar-refractivity contribution < 1.29 is 50.4 Å². The van der Waals surface area contributed by atoms with Crippen molar-refractivity contribution in [1.29, 1.82) is 0 Å². The van der Waals surface area contributed by atoms with Crippen molar-refractivity contribution in [2.75, 3.05) is 14.2 Å². The first-order valence-corrected chi connectivity index (χ1v) is 7.49. The van der Waals surface area contributed by atoms with Crippen LogP contribution >= 0.6 is 0 Å². The van der Waals surface area contributed by atoms with E-state index in [-0.39, 0.29) is 40.2 Å². The minimum absolute atomic E-state index is 0. The van der Waals surface area contributed by atoms with Crippen LogP contribution in [0.25, 0.3) is 0 Å². The first-order chi connectivity index (χ1) is 10.0. The number of hydrogen-bond acceptors (Lipinski definition) is 2. The van der Waals surface area contributed by atoms with Crippen molar-refractivity contribution in [2.45, 2.75) is 51.4 Å². The number of aliphatic hydroxyl groups is 2. The molecule has 0 spiro atoms. The van der Waals surface area contributed by atoms with Gasteiger partial charge in [-0.15, -0.1) is 0 Å². The molecule has 0 bridgehead atoms. The summed E-state index contributed by atoms with van der Waals surface area (Å²) < 4.78 is 0. The van der Waals surface area contributed by atoms with Gasteiger partial charge < -0.3 is 10.2 Å². The van der Waals surface area contributed by atoms with E-state index in [1.165, 1.54) is 51.4 Å². The zero-order valence-electron chi connectivity index (χ0n) is 13.8. The molecule has 0 aliphatic heterocycles. The zero-order valence-corrected chi connectivity index (χ0v) is 18.6. The van der Waals surface area contributed by atoms with E-state index in [0.717, 1.165) is 14.2 Å².